The Hall–Kier alpha value is -2.63. The van der Waals surface area contributed by atoms with Crippen molar-refractivity contribution in [2.24, 2.45) is 5.92 Å². The van der Waals surface area contributed by atoms with Crippen molar-refractivity contribution in [3.05, 3.63) is 47.3 Å². The highest BCUT2D eigenvalue weighted by molar-refractivity contribution is 6.03. The van der Waals surface area contributed by atoms with Gasteiger partial charge in [-0.2, -0.15) is 5.10 Å². The molecule has 0 unspecified atom stereocenters. The SMILES string of the molecule is CCn1nc(CC(C)C)cc1C(=O)Nc1ccccc1CCC(=O)NC. The molecule has 0 saturated heterocycles. The van der Waals surface area contributed by atoms with Gasteiger partial charge in [-0.05, 0) is 43.4 Å². The quantitative estimate of drug-likeness (QED) is 0.763. The minimum Gasteiger partial charge on any atom is -0.359 e. The highest BCUT2D eigenvalue weighted by Gasteiger charge is 2.16. The molecule has 0 bridgehead atoms. The molecule has 0 radical (unpaired) electrons. The second-order valence-electron chi connectivity index (χ2n) is 6.72. The molecular formula is C20H28N4O2. The van der Waals surface area contributed by atoms with Crippen molar-refractivity contribution >= 4 is 17.5 Å². The number of nitrogens with zero attached hydrogens (tertiary/aromatic N) is 2. The minimum absolute atomic E-state index is 0.0199. The highest BCUT2D eigenvalue weighted by Crippen LogP contribution is 2.19. The number of aryl methyl sites for hydroxylation is 2. The molecule has 6 heteroatoms. The summed E-state index contributed by atoms with van der Waals surface area (Å²) >= 11 is 0. The molecule has 0 saturated carbocycles. The molecule has 0 fully saturated rings. The number of hydrogen-bond acceptors (Lipinski definition) is 3. The van der Waals surface area contributed by atoms with Crippen LogP contribution in [0.15, 0.2) is 30.3 Å². The van der Waals surface area contributed by atoms with Crippen molar-refractivity contribution in [3.8, 4) is 0 Å². The van der Waals surface area contributed by atoms with Gasteiger partial charge in [0.1, 0.15) is 5.69 Å². The van der Waals surface area contributed by atoms with Crippen LogP contribution < -0.4 is 10.6 Å². The van der Waals surface area contributed by atoms with Crippen LogP contribution >= 0.6 is 0 Å². The van der Waals surface area contributed by atoms with E-state index in [0.717, 1.165) is 23.4 Å². The molecule has 0 aliphatic carbocycles. The Morgan fingerprint density at radius 3 is 2.62 bits per heavy atom. The van der Waals surface area contributed by atoms with Gasteiger partial charge in [-0.3, -0.25) is 14.3 Å². The Morgan fingerprint density at radius 1 is 1.23 bits per heavy atom. The van der Waals surface area contributed by atoms with E-state index < -0.39 is 0 Å². The predicted octanol–water partition coefficient (Wildman–Crippen LogP) is 3.03. The van der Waals surface area contributed by atoms with E-state index in [1.54, 1.807) is 11.7 Å². The summed E-state index contributed by atoms with van der Waals surface area (Å²) in [5.74, 6) is 0.284. The van der Waals surface area contributed by atoms with Gasteiger partial charge in [0.2, 0.25) is 5.91 Å². The first-order chi connectivity index (χ1) is 12.4. The number of carbonyl (C=O) groups is 2. The van der Waals surface area contributed by atoms with Gasteiger partial charge in [0.05, 0.1) is 5.69 Å². The fraction of sp³-hybridized carbons (Fsp3) is 0.450. The van der Waals surface area contributed by atoms with Crippen LogP contribution in [0, 0.1) is 5.92 Å². The van der Waals surface area contributed by atoms with Gasteiger partial charge in [0, 0.05) is 25.7 Å². The summed E-state index contributed by atoms with van der Waals surface area (Å²) in [5.41, 5.74) is 3.16. The zero-order chi connectivity index (χ0) is 19.1. The van der Waals surface area contributed by atoms with Crippen LogP contribution in [-0.2, 0) is 24.2 Å². The van der Waals surface area contributed by atoms with Crippen molar-refractivity contribution in [1.29, 1.82) is 0 Å². The molecule has 6 nitrogen and oxygen atoms in total. The Kier molecular flexibility index (Phi) is 6.95. The Bertz CT molecular complexity index is 765. The van der Waals surface area contributed by atoms with Gasteiger partial charge < -0.3 is 10.6 Å². The van der Waals surface area contributed by atoms with Gasteiger partial charge in [-0.25, -0.2) is 0 Å². The first-order valence-corrected chi connectivity index (χ1v) is 9.11. The lowest BCUT2D eigenvalue weighted by atomic mass is 10.1. The van der Waals surface area contributed by atoms with Crippen molar-refractivity contribution in [2.45, 2.75) is 46.6 Å². The number of benzene rings is 1. The molecule has 140 valence electrons. The van der Waals surface area contributed by atoms with Crippen LogP contribution in [0.1, 0.15) is 48.9 Å². The van der Waals surface area contributed by atoms with Crippen molar-refractivity contribution < 1.29 is 9.59 Å². The van der Waals surface area contributed by atoms with Gasteiger partial charge in [-0.1, -0.05) is 32.0 Å². The molecule has 1 heterocycles. The zero-order valence-corrected chi connectivity index (χ0v) is 16.0. The van der Waals surface area contributed by atoms with Crippen molar-refractivity contribution in [3.63, 3.8) is 0 Å². The number of nitrogens with one attached hydrogen (secondary N) is 2. The normalized spacial score (nSPS) is 10.8. The molecule has 0 aliphatic rings. The summed E-state index contributed by atoms with van der Waals surface area (Å²) in [6.45, 7) is 6.88. The third-order valence-corrected chi connectivity index (χ3v) is 4.15. The maximum Gasteiger partial charge on any atom is 0.273 e. The smallest absolute Gasteiger partial charge is 0.273 e. The van der Waals surface area contributed by atoms with Crippen LogP contribution in [0.25, 0.3) is 0 Å². The number of aromatic nitrogens is 2. The van der Waals surface area contributed by atoms with Crippen LogP contribution in [0.2, 0.25) is 0 Å². The summed E-state index contributed by atoms with van der Waals surface area (Å²) in [7, 11) is 1.62. The molecule has 26 heavy (non-hydrogen) atoms. The van der Waals surface area contributed by atoms with Crippen molar-refractivity contribution in [1.82, 2.24) is 15.1 Å². The average Bonchev–Trinajstić information content (AvgIpc) is 3.02. The molecule has 2 aromatic rings. The topological polar surface area (TPSA) is 76.0 Å². The number of hydrogen-bond donors (Lipinski definition) is 2. The van der Waals surface area contributed by atoms with E-state index in [1.165, 1.54) is 0 Å². The van der Waals surface area contributed by atoms with E-state index in [9.17, 15) is 9.59 Å². The summed E-state index contributed by atoms with van der Waals surface area (Å²) in [5, 5.41) is 10.1. The molecule has 2 amide bonds. The van der Waals surface area contributed by atoms with Gasteiger partial charge >= 0.3 is 0 Å². The molecule has 2 N–H and O–H groups in total. The number of amides is 2. The molecule has 0 aliphatic heterocycles. The lowest BCUT2D eigenvalue weighted by Gasteiger charge is -2.11. The summed E-state index contributed by atoms with van der Waals surface area (Å²) < 4.78 is 1.74. The predicted molar refractivity (Wildman–Crippen MR) is 103 cm³/mol. The number of para-hydroxylation sites is 1. The van der Waals surface area contributed by atoms with E-state index in [2.05, 4.69) is 29.6 Å². The average molecular weight is 356 g/mol. The summed E-state index contributed by atoms with van der Waals surface area (Å²) in [4.78, 5) is 24.3. The Morgan fingerprint density at radius 2 is 1.96 bits per heavy atom. The fourth-order valence-corrected chi connectivity index (χ4v) is 2.83. The first kappa shape index (κ1) is 19.7. The molecule has 0 spiro atoms. The first-order valence-electron chi connectivity index (χ1n) is 9.11. The van der Waals surface area contributed by atoms with Crippen LogP contribution in [0.4, 0.5) is 5.69 Å². The standard InChI is InChI=1S/C20H28N4O2/c1-5-24-18(13-16(23-24)12-14(2)3)20(26)22-17-9-7-6-8-15(17)10-11-19(25)21-4/h6-9,13-14H,5,10-12H2,1-4H3,(H,21,25)(H,22,26). The maximum atomic E-state index is 12.8. The van der Waals surface area contributed by atoms with E-state index >= 15 is 0 Å². The monoisotopic (exact) mass is 356 g/mol. The lowest BCUT2D eigenvalue weighted by Crippen LogP contribution is -2.20. The van der Waals surface area contributed by atoms with Crippen molar-refractivity contribution in [2.75, 3.05) is 12.4 Å². The lowest BCUT2D eigenvalue weighted by molar-refractivity contribution is -0.120. The third-order valence-electron chi connectivity index (χ3n) is 4.15. The Balaban J connectivity index is 2.17. The molecule has 1 aromatic carbocycles. The van der Waals surface area contributed by atoms with E-state index in [4.69, 9.17) is 0 Å². The minimum atomic E-state index is -0.179. The summed E-state index contributed by atoms with van der Waals surface area (Å²) in [6, 6.07) is 9.44. The zero-order valence-electron chi connectivity index (χ0n) is 16.0. The van der Waals surface area contributed by atoms with Gasteiger partial charge in [0.15, 0.2) is 0 Å². The second-order valence-corrected chi connectivity index (χ2v) is 6.72. The largest absolute Gasteiger partial charge is 0.359 e. The van der Waals surface area contributed by atoms with Gasteiger partial charge in [0.25, 0.3) is 5.91 Å². The number of carbonyl (C=O) groups excluding carboxylic acids is 2. The number of anilines is 1. The third kappa shape index (κ3) is 5.18. The summed E-state index contributed by atoms with van der Waals surface area (Å²) in [6.07, 6.45) is 1.80. The van der Waals surface area contributed by atoms with Crippen LogP contribution in [0.3, 0.4) is 0 Å². The fourth-order valence-electron chi connectivity index (χ4n) is 2.83. The van der Waals surface area contributed by atoms with Crippen LogP contribution in [-0.4, -0.2) is 28.6 Å². The van der Waals surface area contributed by atoms with Crippen LogP contribution in [0.5, 0.6) is 0 Å². The second kappa shape index (κ2) is 9.17. The van der Waals surface area contributed by atoms with Gasteiger partial charge in [-0.15, -0.1) is 0 Å². The van der Waals surface area contributed by atoms with E-state index in [-0.39, 0.29) is 11.8 Å². The molecule has 1 aromatic heterocycles. The van der Waals surface area contributed by atoms with E-state index in [1.807, 2.05) is 37.3 Å². The molecular weight excluding hydrogens is 328 g/mol. The highest BCUT2D eigenvalue weighted by atomic mass is 16.2. The molecule has 0 atom stereocenters. The molecule has 2 rings (SSSR count). The Labute approximate surface area is 155 Å². The maximum absolute atomic E-state index is 12.8. The van der Waals surface area contributed by atoms with E-state index in [0.29, 0.717) is 31.0 Å². The number of rotatable bonds is 8.